The molecule has 1 fully saturated rings. The predicted octanol–water partition coefficient (Wildman–Crippen LogP) is 2.14. The molecule has 0 N–H and O–H groups in total. The van der Waals surface area contributed by atoms with Crippen LogP contribution in [-0.4, -0.2) is 29.3 Å². The number of hydrogen-bond donors (Lipinski definition) is 0. The molecule has 0 amide bonds. The molecule has 4 heteroatoms. The fraction of sp³-hybridized carbons (Fsp3) is 0.455. The Bertz CT molecular complexity index is 362. The van der Waals surface area contributed by atoms with Crippen LogP contribution >= 0.6 is 11.6 Å². The van der Waals surface area contributed by atoms with E-state index >= 15 is 0 Å². The maximum atomic E-state index is 10.5. The first-order valence-corrected chi connectivity index (χ1v) is 5.49. The summed E-state index contributed by atoms with van der Waals surface area (Å²) < 4.78 is 0. The van der Waals surface area contributed by atoms with Gasteiger partial charge in [-0.1, -0.05) is 11.6 Å². The van der Waals surface area contributed by atoms with Crippen LogP contribution < -0.4 is 0 Å². The van der Waals surface area contributed by atoms with E-state index in [0.29, 0.717) is 17.0 Å². The van der Waals surface area contributed by atoms with Gasteiger partial charge in [0, 0.05) is 12.7 Å². The quantitative estimate of drug-likeness (QED) is 0.738. The zero-order chi connectivity index (χ0) is 10.7. The molecule has 0 atom stereocenters. The summed E-state index contributed by atoms with van der Waals surface area (Å²) in [6, 6.07) is 1.83. The fourth-order valence-corrected chi connectivity index (χ4v) is 2.09. The molecule has 2 rings (SSSR count). The van der Waals surface area contributed by atoms with Gasteiger partial charge in [0.2, 0.25) is 0 Å². The van der Waals surface area contributed by atoms with Crippen LogP contribution in [0.15, 0.2) is 12.3 Å². The van der Waals surface area contributed by atoms with Crippen molar-refractivity contribution in [2.45, 2.75) is 19.4 Å². The Morgan fingerprint density at radius 1 is 1.47 bits per heavy atom. The van der Waals surface area contributed by atoms with Crippen LogP contribution in [0.1, 0.15) is 28.9 Å². The average molecular weight is 225 g/mol. The van der Waals surface area contributed by atoms with Crippen LogP contribution in [0.4, 0.5) is 0 Å². The molecule has 2 heterocycles. The molecule has 0 spiro atoms. The lowest BCUT2D eigenvalue weighted by Gasteiger charge is -2.14. The number of hydrogen-bond acceptors (Lipinski definition) is 3. The van der Waals surface area contributed by atoms with E-state index in [9.17, 15) is 4.79 Å². The summed E-state index contributed by atoms with van der Waals surface area (Å²) in [6.45, 7) is 3.17. The summed E-state index contributed by atoms with van der Waals surface area (Å²) in [4.78, 5) is 16.9. The number of aromatic nitrogens is 1. The van der Waals surface area contributed by atoms with Gasteiger partial charge in [-0.3, -0.25) is 14.7 Å². The minimum Gasteiger partial charge on any atom is -0.299 e. The minimum atomic E-state index is 0.321. The number of halogens is 1. The predicted molar refractivity (Wildman–Crippen MR) is 59.1 cm³/mol. The van der Waals surface area contributed by atoms with Crippen molar-refractivity contribution in [3.8, 4) is 0 Å². The van der Waals surface area contributed by atoms with Crippen LogP contribution in [0.3, 0.4) is 0 Å². The lowest BCUT2D eigenvalue weighted by molar-refractivity contribution is 0.111. The van der Waals surface area contributed by atoms with Crippen LogP contribution in [-0.2, 0) is 6.54 Å². The Morgan fingerprint density at radius 3 is 2.80 bits per heavy atom. The van der Waals surface area contributed by atoms with Gasteiger partial charge in [-0.15, -0.1) is 0 Å². The van der Waals surface area contributed by atoms with E-state index < -0.39 is 0 Å². The first-order chi connectivity index (χ1) is 7.29. The Balaban J connectivity index is 2.08. The topological polar surface area (TPSA) is 33.2 Å². The summed E-state index contributed by atoms with van der Waals surface area (Å²) in [5.74, 6) is 0. The molecular weight excluding hydrogens is 212 g/mol. The highest BCUT2D eigenvalue weighted by Gasteiger charge is 2.12. The third kappa shape index (κ3) is 2.55. The van der Waals surface area contributed by atoms with Crippen molar-refractivity contribution < 1.29 is 4.79 Å². The molecular formula is C11H13ClN2O. The highest BCUT2D eigenvalue weighted by molar-refractivity contribution is 6.32. The van der Waals surface area contributed by atoms with Gasteiger partial charge >= 0.3 is 0 Å². The average Bonchev–Trinajstić information content (AvgIpc) is 2.71. The molecule has 0 aliphatic carbocycles. The molecule has 1 aromatic heterocycles. The van der Waals surface area contributed by atoms with Gasteiger partial charge in [0.15, 0.2) is 6.29 Å². The first kappa shape index (κ1) is 10.6. The van der Waals surface area contributed by atoms with Crippen molar-refractivity contribution in [3.63, 3.8) is 0 Å². The van der Waals surface area contributed by atoms with Gasteiger partial charge in [0.1, 0.15) is 5.69 Å². The highest BCUT2D eigenvalue weighted by Crippen LogP contribution is 2.17. The van der Waals surface area contributed by atoms with E-state index in [2.05, 4.69) is 9.88 Å². The summed E-state index contributed by atoms with van der Waals surface area (Å²) >= 11 is 5.90. The van der Waals surface area contributed by atoms with Gasteiger partial charge < -0.3 is 0 Å². The highest BCUT2D eigenvalue weighted by atomic mass is 35.5. The summed E-state index contributed by atoms with van der Waals surface area (Å²) in [5, 5.41) is 0.446. The lowest BCUT2D eigenvalue weighted by atomic mass is 10.2. The molecule has 0 radical (unpaired) electrons. The Labute approximate surface area is 94.1 Å². The van der Waals surface area contributed by atoms with Crippen molar-refractivity contribution in [1.82, 2.24) is 9.88 Å². The lowest BCUT2D eigenvalue weighted by Crippen LogP contribution is -2.18. The van der Waals surface area contributed by atoms with Gasteiger partial charge in [0.05, 0.1) is 5.02 Å². The van der Waals surface area contributed by atoms with Gasteiger partial charge in [-0.25, -0.2) is 0 Å². The van der Waals surface area contributed by atoms with Crippen LogP contribution in [0.5, 0.6) is 0 Å². The maximum absolute atomic E-state index is 10.5. The maximum Gasteiger partial charge on any atom is 0.169 e. The zero-order valence-electron chi connectivity index (χ0n) is 8.45. The largest absolute Gasteiger partial charge is 0.299 e. The second kappa shape index (κ2) is 4.73. The number of pyridine rings is 1. The Kier molecular flexibility index (Phi) is 3.34. The molecule has 0 saturated carbocycles. The van der Waals surface area contributed by atoms with E-state index in [1.165, 1.54) is 12.8 Å². The number of carbonyl (C=O) groups excluding carboxylic acids is 1. The van der Waals surface area contributed by atoms with Crippen molar-refractivity contribution in [2.24, 2.45) is 0 Å². The normalized spacial score (nSPS) is 16.9. The molecule has 0 unspecified atom stereocenters. The van der Waals surface area contributed by atoms with Gasteiger partial charge in [-0.2, -0.15) is 0 Å². The van der Waals surface area contributed by atoms with Crippen molar-refractivity contribution >= 4 is 17.9 Å². The molecule has 0 aromatic carbocycles. The monoisotopic (exact) mass is 224 g/mol. The second-order valence-corrected chi connectivity index (χ2v) is 4.22. The molecule has 1 saturated heterocycles. The van der Waals surface area contributed by atoms with E-state index in [1.54, 1.807) is 6.20 Å². The fourth-order valence-electron chi connectivity index (χ4n) is 1.86. The standard InChI is InChI=1S/C11H13ClN2O/c12-10-5-9(6-13-11(10)8-15)7-14-3-1-2-4-14/h5-6,8H,1-4,7H2. The van der Waals surface area contributed by atoms with Crippen LogP contribution in [0.2, 0.25) is 5.02 Å². The minimum absolute atomic E-state index is 0.321. The van der Waals surface area contributed by atoms with E-state index in [4.69, 9.17) is 11.6 Å². The molecule has 1 aliphatic rings. The van der Waals surface area contributed by atoms with Crippen LogP contribution in [0, 0.1) is 0 Å². The smallest absolute Gasteiger partial charge is 0.169 e. The zero-order valence-corrected chi connectivity index (χ0v) is 9.20. The molecule has 0 bridgehead atoms. The third-order valence-electron chi connectivity index (χ3n) is 2.64. The molecule has 1 aromatic rings. The van der Waals surface area contributed by atoms with Crippen molar-refractivity contribution in [3.05, 3.63) is 28.5 Å². The number of rotatable bonds is 3. The second-order valence-electron chi connectivity index (χ2n) is 3.81. The van der Waals surface area contributed by atoms with Crippen molar-refractivity contribution in [1.29, 1.82) is 0 Å². The molecule has 3 nitrogen and oxygen atoms in total. The SMILES string of the molecule is O=Cc1ncc(CN2CCCC2)cc1Cl. The van der Waals surface area contributed by atoms with Gasteiger partial charge in [0.25, 0.3) is 0 Å². The number of carbonyl (C=O) groups is 1. The van der Waals surface area contributed by atoms with E-state index in [1.807, 2.05) is 6.07 Å². The van der Waals surface area contributed by atoms with Crippen molar-refractivity contribution in [2.75, 3.05) is 13.1 Å². The number of aldehydes is 1. The molecule has 80 valence electrons. The summed E-state index contributed by atoms with van der Waals surface area (Å²) in [7, 11) is 0. The summed E-state index contributed by atoms with van der Waals surface area (Å²) in [6.07, 6.45) is 4.96. The van der Waals surface area contributed by atoms with E-state index in [0.717, 1.165) is 25.2 Å². The first-order valence-electron chi connectivity index (χ1n) is 5.11. The Morgan fingerprint density at radius 2 is 2.20 bits per heavy atom. The number of nitrogens with zero attached hydrogens (tertiary/aromatic N) is 2. The molecule has 1 aliphatic heterocycles. The third-order valence-corrected chi connectivity index (χ3v) is 2.95. The Hall–Kier alpha value is -0.930. The van der Waals surface area contributed by atoms with Crippen LogP contribution in [0.25, 0.3) is 0 Å². The van der Waals surface area contributed by atoms with Gasteiger partial charge in [-0.05, 0) is 37.6 Å². The molecule has 15 heavy (non-hydrogen) atoms. The van der Waals surface area contributed by atoms with E-state index in [-0.39, 0.29) is 0 Å². The number of likely N-dealkylation sites (tertiary alicyclic amines) is 1. The summed E-state index contributed by atoms with van der Waals surface area (Å²) in [5.41, 5.74) is 1.40.